The van der Waals surface area contributed by atoms with E-state index >= 15 is 0 Å². The third-order valence-corrected chi connectivity index (χ3v) is 8.29. The molecular formula is C28H28ClN5O5S. The van der Waals surface area contributed by atoms with Gasteiger partial charge in [-0.1, -0.05) is 35.1 Å². The molecule has 0 spiro atoms. The average Bonchev–Trinajstić information content (AvgIpc) is 3.23. The number of nitro groups is 1. The summed E-state index contributed by atoms with van der Waals surface area (Å²) in [6.07, 6.45) is 1.69. The smallest absolute Gasteiger partial charge is 0.338 e. The fourth-order valence-corrected chi connectivity index (χ4v) is 6.16. The predicted octanol–water partition coefficient (Wildman–Crippen LogP) is 3.11. The van der Waals surface area contributed by atoms with Crippen LogP contribution < -0.4 is 19.8 Å². The second-order valence-corrected chi connectivity index (χ2v) is 11.1. The van der Waals surface area contributed by atoms with Gasteiger partial charge in [-0.15, -0.1) is 0 Å². The number of piperazine rings is 1. The fourth-order valence-electron chi connectivity index (χ4n) is 5.00. The number of allylic oxidation sites excluding steroid dienone is 1. The highest BCUT2D eigenvalue weighted by molar-refractivity contribution is 7.07. The highest BCUT2D eigenvalue weighted by atomic mass is 35.5. The molecule has 0 radical (unpaired) electrons. The number of fused-ring (bicyclic) bond motifs is 1. The van der Waals surface area contributed by atoms with E-state index in [1.807, 2.05) is 0 Å². The van der Waals surface area contributed by atoms with E-state index < -0.39 is 16.9 Å². The summed E-state index contributed by atoms with van der Waals surface area (Å²) >= 11 is 7.31. The second kappa shape index (κ2) is 11.4. The number of carbonyl (C=O) groups is 1. The molecule has 1 fully saturated rings. The lowest BCUT2D eigenvalue weighted by atomic mass is 9.96. The molecule has 2 aromatic carbocycles. The van der Waals surface area contributed by atoms with Gasteiger partial charge in [0, 0.05) is 54.6 Å². The molecule has 1 aromatic heterocycles. The molecule has 0 amide bonds. The Morgan fingerprint density at radius 1 is 1.20 bits per heavy atom. The molecule has 1 saturated heterocycles. The van der Waals surface area contributed by atoms with Gasteiger partial charge in [0.05, 0.1) is 33.4 Å². The summed E-state index contributed by atoms with van der Waals surface area (Å²) < 4.78 is 7.18. The number of rotatable bonds is 6. The molecule has 10 nitrogen and oxygen atoms in total. The number of nitro benzene ring substituents is 1. The van der Waals surface area contributed by atoms with Crippen LogP contribution in [-0.2, 0) is 9.53 Å². The van der Waals surface area contributed by atoms with E-state index in [0.29, 0.717) is 31.2 Å². The van der Waals surface area contributed by atoms with E-state index in [2.05, 4.69) is 21.8 Å². The monoisotopic (exact) mass is 581 g/mol. The van der Waals surface area contributed by atoms with Crippen LogP contribution in [0.5, 0.6) is 0 Å². The summed E-state index contributed by atoms with van der Waals surface area (Å²) in [5, 5.41) is 12.1. The maximum atomic E-state index is 14.0. The minimum atomic E-state index is -0.767. The van der Waals surface area contributed by atoms with Crippen LogP contribution in [0.25, 0.3) is 6.08 Å². The molecule has 12 heteroatoms. The van der Waals surface area contributed by atoms with Crippen LogP contribution in [0, 0.1) is 10.1 Å². The zero-order valence-corrected chi connectivity index (χ0v) is 23.9. The molecule has 1 unspecified atom stereocenters. The van der Waals surface area contributed by atoms with Crippen molar-refractivity contribution in [3.05, 3.63) is 99.7 Å². The lowest BCUT2D eigenvalue weighted by Crippen LogP contribution is -2.44. The summed E-state index contributed by atoms with van der Waals surface area (Å²) in [7, 11) is 2.05. The number of nitrogens with zero attached hydrogens (tertiary/aromatic N) is 5. The normalized spacial score (nSPS) is 17.9. The van der Waals surface area contributed by atoms with Gasteiger partial charge in [0.25, 0.3) is 11.2 Å². The first-order valence-corrected chi connectivity index (χ1v) is 14.0. The number of anilines is 1. The number of ether oxygens (including phenoxy) is 1. The summed E-state index contributed by atoms with van der Waals surface area (Å²) in [5.74, 6) is -0.547. The maximum Gasteiger partial charge on any atom is 0.338 e. The van der Waals surface area contributed by atoms with Gasteiger partial charge in [-0.3, -0.25) is 19.5 Å². The highest BCUT2D eigenvalue weighted by Gasteiger charge is 2.33. The minimum Gasteiger partial charge on any atom is -0.463 e. The Kier molecular flexibility index (Phi) is 7.88. The van der Waals surface area contributed by atoms with Crippen LogP contribution >= 0.6 is 22.9 Å². The standard InChI is InChI=1S/C28H28ClN5O5S/c1-4-39-27(36)24-17(2)30-28-33(25(24)18-5-7-20(29)8-6-18)26(35)23(40-28)16-19-15-21(34(37)38)9-10-22(19)32-13-11-31(3)12-14-32/h5-10,15-16,25H,4,11-14H2,1-3H3/b23-16+. The number of hydrogen-bond donors (Lipinski definition) is 0. The van der Waals surface area contributed by atoms with Crippen molar-refractivity contribution in [2.45, 2.75) is 19.9 Å². The first-order valence-electron chi connectivity index (χ1n) is 12.8. The van der Waals surface area contributed by atoms with Gasteiger partial charge in [-0.25, -0.2) is 9.79 Å². The zero-order valence-electron chi connectivity index (χ0n) is 22.3. The molecule has 3 aromatic rings. The van der Waals surface area contributed by atoms with Crippen molar-refractivity contribution < 1.29 is 14.5 Å². The molecule has 2 aliphatic heterocycles. The van der Waals surface area contributed by atoms with Crippen molar-refractivity contribution in [1.29, 1.82) is 0 Å². The molecular weight excluding hydrogens is 554 g/mol. The Balaban J connectivity index is 1.70. The number of esters is 1. The Morgan fingerprint density at radius 2 is 1.90 bits per heavy atom. The van der Waals surface area contributed by atoms with Gasteiger partial charge in [-0.2, -0.15) is 0 Å². The number of hydrogen-bond acceptors (Lipinski definition) is 9. The zero-order chi connectivity index (χ0) is 28.6. The van der Waals surface area contributed by atoms with Crippen molar-refractivity contribution in [3.8, 4) is 0 Å². The molecule has 1 atom stereocenters. The number of aromatic nitrogens is 1. The molecule has 0 N–H and O–H groups in total. The van der Waals surface area contributed by atoms with Gasteiger partial charge in [0.15, 0.2) is 4.80 Å². The number of halogens is 1. The predicted molar refractivity (Wildman–Crippen MR) is 155 cm³/mol. The van der Waals surface area contributed by atoms with Gasteiger partial charge >= 0.3 is 5.97 Å². The first-order chi connectivity index (χ1) is 19.2. The number of benzene rings is 2. The van der Waals surface area contributed by atoms with Crippen molar-refractivity contribution in [2.75, 3.05) is 44.7 Å². The Bertz CT molecular complexity index is 1690. The first kappa shape index (κ1) is 27.8. The van der Waals surface area contributed by atoms with Crippen LogP contribution in [0.3, 0.4) is 0 Å². The van der Waals surface area contributed by atoms with E-state index in [0.717, 1.165) is 31.9 Å². The Hall–Kier alpha value is -3.80. The third kappa shape index (κ3) is 5.32. The summed E-state index contributed by atoms with van der Waals surface area (Å²) in [4.78, 5) is 47.6. The average molecular weight is 582 g/mol. The van der Waals surface area contributed by atoms with E-state index in [9.17, 15) is 19.7 Å². The van der Waals surface area contributed by atoms with Crippen LogP contribution in [-0.4, -0.2) is 60.2 Å². The summed E-state index contributed by atoms with van der Waals surface area (Å²) in [6.45, 7) is 6.85. The van der Waals surface area contributed by atoms with Gasteiger partial charge < -0.3 is 14.5 Å². The van der Waals surface area contributed by atoms with Gasteiger partial charge in [0.1, 0.15) is 0 Å². The van der Waals surface area contributed by atoms with Crippen molar-refractivity contribution in [1.82, 2.24) is 9.47 Å². The Morgan fingerprint density at radius 3 is 2.55 bits per heavy atom. The molecule has 208 valence electrons. The van der Waals surface area contributed by atoms with Crippen LogP contribution in [0.15, 0.2) is 63.5 Å². The van der Waals surface area contributed by atoms with E-state index in [1.165, 1.54) is 28.0 Å². The molecule has 40 heavy (non-hydrogen) atoms. The summed E-state index contributed by atoms with van der Waals surface area (Å²) in [6, 6.07) is 10.9. The van der Waals surface area contributed by atoms with E-state index in [-0.39, 0.29) is 23.4 Å². The number of non-ortho nitro benzene ring substituents is 1. The van der Waals surface area contributed by atoms with Crippen LogP contribution in [0.2, 0.25) is 5.02 Å². The van der Waals surface area contributed by atoms with Gasteiger partial charge in [-0.05, 0) is 50.7 Å². The molecule has 0 bridgehead atoms. The third-order valence-electron chi connectivity index (χ3n) is 7.06. The summed E-state index contributed by atoms with van der Waals surface area (Å²) in [5.41, 5.74) is 2.40. The van der Waals surface area contributed by atoms with Crippen LogP contribution in [0.4, 0.5) is 11.4 Å². The largest absolute Gasteiger partial charge is 0.463 e. The highest BCUT2D eigenvalue weighted by Crippen LogP contribution is 2.32. The second-order valence-electron chi connectivity index (χ2n) is 9.64. The molecule has 3 heterocycles. The van der Waals surface area contributed by atoms with Crippen LogP contribution in [0.1, 0.15) is 31.0 Å². The number of thiazole rings is 1. The molecule has 0 aliphatic carbocycles. The van der Waals surface area contributed by atoms with Crippen molar-refractivity contribution >= 4 is 46.4 Å². The fraction of sp³-hybridized carbons (Fsp3) is 0.321. The van der Waals surface area contributed by atoms with Gasteiger partial charge in [0.2, 0.25) is 0 Å². The lowest BCUT2D eigenvalue weighted by Gasteiger charge is -2.34. The number of carbonyl (C=O) groups excluding carboxylic acids is 1. The van der Waals surface area contributed by atoms with Crippen molar-refractivity contribution in [3.63, 3.8) is 0 Å². The minimum absolute atomic E-state index is 0.0589. The van der Waals surface area contributed by atoms with Crippen molar-refractivity contribution in [2.24, 2.45) is 4.99 Å². The molecule has 5 rings (SSSR count). The molecule has 0 saturated carbocycles. The lowest BCUT2D eigenvalue weighted by molar-refractivity contribution is -0.384. The van der Waals surface area contributed by atoms with E-state index in [4.69, 9.17) is 16.3 Å². The van der Waals surface area contributed by atoms with E-state index in [1.54, 1.807) is 50.3 Å². The Labute approximate surface area is 239 Å². The number of likely N-dealkylation sites (N-methyl/N-ethyl adjacent to an activating group) is 1. The molecule has 2 aliphatic rings. The topological polar surface area (TPSA) is 110 Å². The maximum absolute atomic E-state index is 14.0. The quantitative estimate of drug-likeness (QED) is 0.250. The SMILES string of the molecule is CCOC(=O)C1=C(C)N=c2s/c(=C/c3cc([N+](=O)[O-])ccc3N3CCN(C)CC3)c(=O)n2C1c1ccc(Cl)cc1.